The van der Waals surface area contributed by atoms with Crippen molar-refractivity contribution in [2.75, 3.05) is 11.4 Å². The number of thiophene rings is 1. The zero-order chi connectivity index (χ0) is 17.2. The van der Waals surface area contributed by atoms with Gasteiger partial charge in [-0.3, -0.25) is 0 Å². The topological polar surface area (TPSA) is 38.2 Å². The van der Waals surface area contributed by atoms with Crippen LogP contribution in [-0.4, -0.2) is 16.5 Å². The van der Waals surface area contributed by atoms with E-state index < -0.39 is 0 Å². The Balaban J connectivity index is 1.60. The summed E-state index contributed by atoms with van der Waals surface area (Å²) in [4.78, 5) is 12.7. The van der Waals surface area contributed by atoms with Gasteiger partial charge in [-0.2, -0.15) is 4.98 Å². The van der Waals surface area contributed by atoms with Gasteiger partial charge in [-0.15, -0.1) is 11.3 Å². The number of anilines is 1. The van der Waals surface area contributed by atoms with Gasteiger partial charge in [0.2, 0.25) is 11.8 Å². The number of fused-ring (bicyclic) bond motifs is 1. The van der Waals surface area contributed by atoms with Gasteiger partial charge in [-0.05, 0) is 54.1 Å². The Morgan fingerprint density at radius 2 is 2.08 bits per heavy atom. The minimum Gasteiger partial charge on any atom is -0.439 e. The maximum Gasteiger partial charge on any atom is 0.229 e. The van der Waals surface area contributed by atoms with E-state index in [-0.39, 0.29) is 11.9 Å². The molecule has 1 unspecified atom stereocenters. The largest absolute Gasteiger partial charge is 0.439 e. The summed E-state index contributed by atoms with van der Waals surface area (Å²) >= 11 is 1.82. The highest BCUT2D eigenvalue weighted by atomic mass is 32.1. The van der Waals surface area contributed by atoms with E-state index in [2.05, 4.69) is 33.2 Å². The van der Waals surface area contributed by atoms with Crippen molar-refractivity contribution >= 4 is 17.3 Å². The van der Waals surface area contributed by atoms with Crippen LogP contribution in [0.3, 0.4) is 0 Å². The molecule has 25 heavy (non-hydrogen) atoms. The third kappa shape index (κ3) is 3.22. The first-order chi connectivity index (χ1) is 12.2. The lowest BCUT2D eigenvalue weighted by atomic mass is 9.98. The lowest BCUT2D eigenvalue weighted by Gasteiger charge is -2.35. The number of rotatable bonds is 4. The number of aromatic nitrogens is 2. The zero-order valence-corrected chi connectivity index (χ0v) is 14.7. The Labute approximate surface area is 149 Å². The van der Waals surface area contributed by atoms with E-state index in [4.69, 9.17) is 4.74 Å². The molecule has 3 aromatic rings. The monoisotopic (exact) mass is 355 g/mol. The Morgan fingerprint density at radius 3 is 2.88 bits per heavy atom. The molecule has 0 N–H and O–H groups in total. The Bertz CT molecular complexity index is 865. The van der Waals surface area contributed by atoms with Crippen molar-refractivity contribution < 1.29 is 9.13 Å². The van der Waals surface area contributed by atoms with Crippen molar-refractivity contribution in [1.82, 2.24) is 9.97 Å². The molecule has 0 bridgehead atoms. The average molecular weight is 355 g/mol. The molecule has 3 heterocycles. The van der Waals surface area contributed by atoms with Gasteiger partial charge in [-0.25, -0.2) is 9.37 Å². The summed E-state index contributed by atoms with van der Waals surface area (Å²) in [5.74, 6) is 1.39. The normalized spacial score (nSPS) is 16.6. The molecule has 4 rings (SSSR count). The van der Waals surface area contributed by atoms with Crippen LogP contribution in [0.5, 0.6) is 11.6 Å². The van der Waals surface area contributed by atoms with Crippen molar-refractivity contribution in [1.29, 1.82) is 0 Å². The molecule has 2 aromatic heterocycles. The van der Waals surface area contributed by atoms with Crippen LogP contribution in [0.2, 0.25) is 0 Å². The van der Waals surface area contributed by atoms with Crippen molar-refractivity contribution in [3.63, 3.8) is 0 Å². The first kappa shape index (κ1) is 16.0. The van der Waals surface area contributed by atoms with Crippen LogP contribution < -0.4 is 9.64 Å². The van der Waals surface area contributed by atoms with Crippen LogP contribution in [0.1, 0.15) is 29.8 Å². The van der Waals surface area contributed by atoms with Gasteiger partial charge >= 0.3 is 0 Å². The molecule has 6 heteroatoms. The summed E-state index contributed by atoms with van der Waals surface area (Å²) in [6.07, 6.45) is 3.71. The van der Waals surface area contributed by atoms with E-state index in [0.29, 0.717) is 17.6 Å². The van der Waals surface area contributed by atoms with Gasteiger partial charge in [0.1, 0.15) is 11.6 Å². The van der Waals surface area contributed by atoms with Crippen molar-refractivity contribution in [2.24, 2.45) is 0 Å². The van der Waals surface area contributed by atoms with Crippen LogP contribution >= 0.6 is 11.3 Å². The molecule has 1 aliphatic rings. The number of ether oxygens (including phenoxy) is 1. The number of halogens is 1. The van der Waals surface area contributed by atoms with Gasteiger partial charge in [0, 0.05) is 23.7 Å². The summed E-state index contributed by atoms with van der Waals surface area (Å²) in [7, 11) is 0. The third-order valence-electron chi connectivity index (χ3n) is 4.39. The highest BCUT2D eigenvalue weighted by Gasteiger charge is 2.28. The van der Waals surface area contributed by atoms with Gasteiger partial charge in [0.15, 0.2) is 0 Å². The second kappa shape index (κ2) is 6.80. The maximum atomic E-state index is 13.0. The van der Waals surface area contributed by atoms with Crippen LogP contribution in [0.15, 0.2) is 48.0 Å². The van der Waals surface area contributed by atoms with Crippen LogP contribution in [0.25, 0.3) is 0 Å². The summed E-state index contributed by atoms with van der Waals surface area (Å²) in [6.45, 7) is 3.08. The van der Waals surface area contributed by atoms with Crippen molar-refractivity contribution in [2.45, 2.75) is 25.8 Å². The molecule has 0 aliphatic carbocycles. The Morgan fingerprint density at radius 1 is 1.24 bits per heavy atom. The van der Waals surface area contributed by atoms with E-state index in [1.165, 1.54) is 22.6 Å². The predicted octanol–water partition coefficient (Wildman–Crippen LogP) is 4.98. The smallest absolute Gasteiger partial charge is 0.229 e. The Kier molecular flexibility index (Phi) is 4.36. The number of benzene rings is 1. The van der Waals surface area contributed by atoms with Crippen molar-refractivity contribution in [3.8, 4) is 11.6 Å². The number of hydrogen-bond donors (Lipinski definition) is 0. The molecule has 0 radical (unpaired) electrons. The molecule has 128 valence electrons. The molecule has 4 nitrogen and oxygen atoms in total. The molecule has 1 aliphatic heterocycles. The molecule has 0 fully saturated rings. The highest BCUT2D eigenvalue weighted by molar-refractivity contribution is 7.10. The second-order valence-electron chi connectivity index (χ2n) is 5.92. The highest BCUT2D eigenvalue weighted by Crippen LogP contribution is 2.37. The van der Waals surface area contributed by atoms with Gasteiger partial charge in [0.25, 0.3) is 0 Å². The first-order valence-electron chi connectivity index (χ1n) is 8.34. The molecular weight excluding hydrogens is 337 g/mol. The second-order valence-corrected chi connectivity index (χ2v) is 6.92. The standard InChI is InChI=1S/C19H18FN3OS/c1-2-16-15-9-12-25-17(15)8-11-23(16)19-21-10-7-18(22-19)24-14-5-3-13(20)4-6-14/h3-7,9-10,12,16H,2,8,11H2,1H3. The van der Waals surface area contributed by atoms with Gasteiger partial charge in [0.05, 0.1) is 6.04 Å². The molecule has 0 saturated carbocycles. The summed E-state index contributed by atoms with van der Waals surface area (Å²) < 4.78 is 18.8. The SMILES string of the molecule is CCC1c2ccsc2CCN1c1nccc(Oc2ccc(F)cc2)n1. The molecule has 1 aromatic carbocycles. The van der Waals surface area contributed by atoms with E-state index in [9.17, 15) is 4.39 Å². The van der Waals surface area contributed by atoms with E-state index in [1.54, 1.807) is 24.4 Å². The fourth-order valence-corrected chi connectivity index (χ4v) is 4.16. The van der Waals surface area contributed by atoms with Crippen LogP contribution in [-0.2, 0) is 6.42 Å². The zero-order valence-electron chi connectivity index (χ0n) is 13.9. The molecule has 0 saturated heterocycles. The Hall–Kier alpha value is -2.47. The molecule has 0 amide bonds. The van der Waals surface area contributed by atoms with E-state index in [0.717, 1.165) is 19.4 Å². The fourth-order valence-electron chi connectivity index (χ4n) is 3.23. The van der Waals surface area contributed by atoms with Crippen molar-refractivity contribution in [3.05, 3.63) is 64.2 Å². The average Bonchev–Trinajstić information content (AvgIpc) is 3.12. The maximum absolute atomic E-state index is 13.0. The number of nitrogens with zero attached hydrogens (tertiary/aromatic N) is 3. The molecule has 0 spiro atoms. The molecule has 1 atom stereocenters. The fraction of sp³-hybridized carbons (Fsp3) is 0.263. The van der Waals surface area contributed by atoms with Crippen LogP contribution in [0, 0.1) is 5.82 Å². The predicted molar refractivity (Wildman–Crippen MR) is 96.9 cm³/mol. The summed E-state index contributed by atoms with van der Waals surface area (Å²) in [6, 6.07) is 10.1. The summed E-state index contributed by atoms with van der Waals surface area (Å²) in [5, 5.41) is 2.16. The minimum atomic E-state index is -0.290. The van der Waals surface area contributed by atoms with E-state index in [1.807, 2.05) is 11.3 Å². The quantitative estimate of drug-likeness (QED) is 0.661. The van der Waals surface area contributed by atoms with Crippen LogP contribution in [0.4, 0.5) is 10.3 Å². The first-order valence-corrected chi connectivity index (χ1v) is 9.22. The lowest BCUT2D eigenvalue weighted by molar-refractivity contribution is 0.456. The summed E-state index contributed by atoms with van der Waals surface area (Å²) in [5.41, 5.74) is 1.38. The van der Waals surface area contributed by atoms with Gasteiger partial charge in [-0.1, -0.05) is 6.92 Å². The number of hydrogen-bond acceptors (Lipinski definition) is 5. The molecular formula is C19H18FN3OS. The van der Waals surface area contributed by atoms with E-state index >= 15 is 0 Å². The lowest BCUT2D eigenvalue weighted by Crippen LogP contribution is -2.35. The van der Waals surface area contributed by atoms with Gasteiger partial charge < -0.3 is 9.64 Å². The third-order valence-corrected chi connectivity index (χ3v) is 5.39. The minimum absolute atomic E-state index is 0.288.